The zero-order valence-electron chi connectivity index (χ0n) is 34.9. The van der Waals surface area contributed by atoms with Gasteiger partial charge in [0, 0.05) is 17.7 Å². The van der Waals surface area contributed by atoms with Crippen molar-refractivity contribution in [2.45, 2.75) is 125 Å². The molecule has 0 spiro atoms. The summed E-state index contributed by atoms with van der Waals surface area (Å²) in [4.78, 5) is 0. The molecule has 4 aromatic carbocycles. The van der Waals surface area contributed by atoms with E-state index in [4.69, 9.17) is 0 Å². The third-order valence-electron chi connectivity index (χ3n) is 11.0. The van der Waals surface area contributed by atoms with Crippen molar-refractivity contribution in [3.63, 3.8) is 0 Å². The summed E-state index contributed by atoms with van der Waals surface area (Å²) in [5.41, 5.74) is -0.155. The fraction of sp³-hybridized carbons (Fsp3) is 0.469. The molecule has 1 nitrogen and oxygen atoms in total. The van der Waals surface area contributed by atoms with E-state index in [0.29, 0.717) is 23.3 Å². The molecule has 2 aliphatic carbocycles. The van der Waals surface area contributed by atoms with Gasteiger partial charge < -0.3 is 4.74 Å². The Hall–Kier alpha value is -4.14. The molecular formula is C49H60F8O. The lowest BCUT2D eigenvalue weighted by molar-refractivity contribution is -0.189. The van der Waals surface area contributed by atoms with E-state index in [-0.39, 0.29) is 23.3 Å². The SMILES string of the molecule is C=CC1CCC(C2CCC(CCC)CC2)CC1.CC.CC.CCCc1ccc(-c2ccc(-c3cc(F)c(C(F)(F)Oc4cc(F)c(F)c(F)c4)c(F)c3)c(F)c2)cc1. The van der Waals surface area contributed by atoms with Crippen LogP contribution in [0.2, 0.25) is 0 Å². The Morgan fingerprint density at radius 3 is 1.59 bits per heavy atom. The van der Waals surface area contributed by atoms with E-state index in [2.05, 4.69) is 24.3 Å². The van der Waals surface area contributed by atoms with Gasteiger partial charge in [0.2, 0.25) is 0 Å². The predicted molar refractivity (Wildman–Crippen MR) is 221 cm³/mol. The molecule has 0 saturated heterocycles. The van der Waals surface area contributed by atoms with Gasteiger partial charge in [0.05, 0.1) is 0 Å². The van der Waals surface area contributed by atoms with Crippen LogP contribution in [-0.4, -0.2) is 0 Å². The van der Waals surface area contributed by atoms with E-state index in [1.54, 1.807) is 0 Å². The minimum atomic E-state index is -4.74. The number of halogens is 8. The quantitative estimate of drug-likeness (QED) is 0.0832. The largest absolute Gasteiger partial charge is 0.432 e. The number of ether oxygens (including phenoxy) is 1. The first kappa shape index (κ1) is 48.2. The van der Waals surface area contributed by atoms with Crippen LogP contribution in [0.4, 0.5) is 35.1 Å². The Morgan fingerprint density at radius 1 is 0.603 bits per heavy atom. The maximum absolute atomic E-state index is 14.9. The van der Waals surface area contributed by atoms with Gasteiger partial charge >= 0.3 is 6.11 Å². The zero-order valence-corrected chi connectivity index (χ0v) is 34.9. The summed E-state index contributed by atoms with van der Waals surface area (Å²) >= 11 is 0. The van der Waals surface area contributed by atoms with Gasteiger partial charge in [0.25, 0.3) is 0 Å². The summed E-state index contributed by atoms with van der Waals surface area (Å²) in [6.45, 7) is 16.3. The molecular weight excluding hydrogens is 757 g/mol. The van der Waals surface area contributed by atoms with Crippen molar-refractivity contribution >= 4 is 0 Å². The smallest absolute Gasteiger partial charge is 0.429 e. The first-order valence-corrected chi connectivity index (χ1v) is 21.1. The van der Waals surface area contributed by atoms with Crippen LogP contribution in [0.1, 0.15) is 123 Å². The highest BCUT2D eigenvalue weighted by Crippen LogP contribution is 2.43. The van der Waals surface area contributed by atoms with Crippen molar-refractivity contribution in [1.82, 2.24) is 0 Å². The average molecular weight is 817 g/mol. The molecule has 4 aromatic rings. The van der Waals surface area contributed by atoms with Gasteiger partial charge in [-0.15, -0.1) is 6.58 Å². The number of allylic oxidation sites excluding steroid dienone is 1. The van der Waals surface area contributed by atoms with E-state index in [1.807, 2.05) is 58.9 Å². The third-order valence-corrected chi connectivity index (χ3v) is 11.0. The molecule has 0 amide bonds. The van der Waals surface area contributed by atoms with Crippen LogP contribution in [0.3, 0.4) is 0 Å². The van der Waals surface area contributed by atoms with Crippen LogP contribution in [0.15, 0.2) is 79.4 Å². The van der Waals surface area contributed by atoms with Gasteiger partial charge in [-0.05, 0) is 109 Å². The zero-order chi connectivity index (χ0) is 43.0. The molecule has 0 atom stereocenters. The van der Waals surface area contributed by atoms with Crippen LogP contribution < -0.4 is 4.74 Å². The lowest BCUT2D eigenvalue weighted by Gasteiger charge is -2.37. The molecule has 0 radical (unpaired) electrons. The Labute approximate surface area is 340 Å². The second-order valence-corrected chi connectivity index (χ2v) is 14.8. The summed E-state index contributed by atoms with van der Waals surface area (Å²) in [5.74, 6) is -7.19. The summed E-state index contributed by atoms with van der Waals surface area (Å²) < 4.78 is 117. The van der Waals surface area contributed by atoms with Gasteiger partial charge in [-0.1, -0.05) is 116 Å². The summed E-state index contributed by atoms with van der Waals surface area (Å²) in [5, 5.41) is 0. The fourth-order valence-electron chi connectivity index (χ4n) is 8.09. The van der Waals surface area contributed by atoms with Crippen molar-refractivity contribution < 1.29 is 39.9 Å². The van der Waals surface area contributed by atoms with Crippen LogP contribution in [0.5, 0.6) is 5.75 Å². The van der Waals surface area contributed by atoms with Gasteiger partial charge in [-0.3, -0.25) is 0 Å². The van der Waals surface area contributed by atoms with Crippen LogP contribution >= 0.6 is 0 Å². The van der Waals surface area contributed by atoms with Crippen molar-refractivity contribution in [2.24, 2.45) is 23.7 Å². The molecule has 2 aliphatic rings. The fourth-order valence-corrected chi connectivity index (χ4v) is 8.09. The maximum Gasteiger partial charge on any atom is 0.432 e. The molecule has 2 saturated carbocycles. The Kier molecular flexibility index (Phi) is 19.5. The Bertz CT molecular complexity index is 1810. The van der Waals surface area contributed by atoms with E-state index in [0.717, 1.165) is 48.1 Å². The molecule has 0 aliphatic heterocycles. The molecule has 318 valence electrons. The molecule has 0 N–H and O–H groups in total. The summed E-state index contributed by atoms with van der Waals surface area (Å²) in [7, 11) is 0. The second kappa shape index (κ2) is 23.5. The Balaban J connectivity index is 0.000000357. The van der Waals surface area contributed by atoms with E-state index in [1.165, 1.54) is 76.3 Å². The highest BCUT2D eigenvalue weighted by atomic mass is 19.3. The highest BCUT2D eigenvalue weighted by Gasteiger charge is 2.42. The molecule has 9 heteroatoms. The van der Waals surface area contributed by atoms with Crippen molar-refractivity contribution in [1.29, 1.82) is 0 Å². The van der Waals surface area contributed by atoms with E-state index >= 15 is 0 Å². The molecule has 2 fully saturated rings. The number of aryl methyl sites for hydroxylation is 1. The number of rotatable bonds is 11. The predicted octanol–water partition coefficient (Wildman–Crippen LogP) is 16.6. The van der Waals surface area contributed by atoms with Gasteiger partial charge in [0.15, 0.2) is 17.5 Å². The molecule has 0 heterocycles. The minimum absolute atomic E-state index is 0.102. The van der Waals surface area contributed by atoms with Crippen molar-refractivity contribution in [3.8, 4) is 28.0 Å². The standard InChI is InChI=1S/C28H18F8O.C17H30.2C2H6/c1-2-3-15-4-6-16(7-5-15)17-8-9-20(21(29)10-17)18-11-22(30)26(23(31)12-18)28(35,36)37-19-13-24(32)27(34)25(33)14-19;1-3-5-15-8-12-17(13-9-15)16-10-6-14(4-2)7-11-16;2*1-2/h4-14H,2-3H2,1H3;4,14-17H,2-3,5-13H2,1H3;2*1-2H3. The van der Waals surface area contributed by atoms with Crippen molar-refractivity contribution in [3.05, 3.63) is 125 Å². The minimum Gasteiger partial charge on any atom is -0.429 e. The van der Waals surface area contributed by atoms with Gasteiger partial charge in [0.1, 0.15) is 28.8 Å². The molecule has 6 rings (SSSR count). The van der Waals surface area contributed by atoms with Gasteiger partial charge in [-0.2, -0.15) is 8.78 Å². The van der Waals surface area contributed by atoms with E-state index in [9.17, 15) is 35.1 Å². The topological polar surface area (TPSA) is 9.23 Å². The average Bonchev–Trinajstić information content (AvgIpc) is 3.22. The molecule has 0 bridgehead atoms. The van der Waals surface area contributed by atoms with Crippen LogP contribution in [0, 0.1) is 58.6 Å². The first-order chi connectivity index (χ1) is 27.8. The normalized spacial score (nSPS) is 19.0. The number of hydrogen-bond donors (Lipinski definition) is 0. The second-order valence-electron chi connectivity index (χ2n) is 14.8. The molecule has 58 heavy (non-hydrogen) atoms. The monoisotopic (exact) mass is 816 g/mol. The van der Waals surface area contributed by atoms with Crippen LogP contribution in [0.25, 0.3) is 22.3 Å². The Morgan fingerprint density at radius 2 is 1.10 bits per heavy atom. The lowest BCUT2D eigenvalue weighted by Crippen LogP contribution is -2.25. The maximum atomic E-state index is 14.9. The summed E-state index contributed by atoms with van der Waals surface area (Å²) in [6, 6.07) is 12.6. The third kappa shape index (κ3) is 12.9. The molecule has 0 aromatic heterocycles. The van der Waals surface area contributed by atoms with E-state index < -0.39 is 52.3 Å². The number of hydrogen-bond acceptors (Lipinski definition) is 1. The van der Waals surface area contributed by atoms with Gasteiger partial charge in [-0.25, -0.2) is 26.3 Å². The summed E-state index contributed by atoms with van der Waals surface area (Å²) in [6.07, 6.45) is 14.1. The van der Waals surface area contributed by atoms with Crippen molar-refractivity contribution in [2.75, 3.05) is 0 Å². The first-order valence-electron chi connectivity index (χ1n) is 21.1. The highest BCUT2D eigenvalue weighted by molar-refractivity contribution is 5.71. The lowest BCUT2D eigenvalue weighted by atomic mass is 9.69. The number of benzene rings is 4. The van der Waals surface area contributed by atoms with Crippen LogP contribution in [-0.2, 0) is 12.5 Å². The number of alkyl halides is 2. The molecule has 0 unspecified atom stereocenters.